The molecule has 6 saturated heterocycles. The first kappa shape index (κ1) is 113. The van der Waals surface area contributed by atoms with E-state index in [1.807, 2.05) is 0 Å². The summed E-state index contributed by atoms with van der Waals surface area (Å²) in [5.41, 5.74) is 33.0. The highest BCUT2D eigenvalue weighted by atomic mass is 35.5. The summed E-state index contributed by atoms with van der Waals surface area (Å²) in [6, 6.07) is 1.63. The van der Waals surface area contributed by atoms with Gasteiger partial charge in [0.1, 0.15) is 133 Å². The number of imidazole rings is 4. The number of phosphoric ester groups is 6. The third kappa shape index (κ3) is 25.7. The molecular formula is C64H89ClN28O47P6. The Morgan fingerprint density at radius 2 is 0.719 bits per heavy atom. The molecule has 1 amide bonds. The third-order valence-corrected chi connectivity index (χ3v) is 24.9. The van der Waals surface area contributed by atoms with Crippen LogP contribution in [-0.2, 0) is 101 Å². The maximum absolute atomic E-state index is 12.2. The van der Waals surface area contributed by atoms with Gasteiger partial charge in [0.05, 0.1) is 89.4 Å². The van der Waals surface area contributed by atoms with Crippen LogP contribution in [0.15, 0.2) is 58.3 Å². The molecule has 146 heavy (non-hydrogen) atoms. The van der Waals surface area contributed by atoms with E-state index in [9.17, 15) is 108 Å². The SMILES string of the molecule is COc1nc(N)nc2c1ncn2[C@@H]1O[C@H](COP(=O)(O)O)[C@@H](O)[C@H]1O.Cn1c(N)nc2c(ncn2[C@@H]2O[C@H](COP(=O)(O)O)[C@@H](O)[C@H]2O)c1=O.Nc1nc(Cl)c2ncn([C@@H]3O[C@H](COP(=O)(O)O)[C@@H](O)[C@H]3O)c2n1.Nc1nc2c(c(=O)[nH]1)CC(=O)N2[C@@H]1O[C@H](COP(=O)(O)O)[C@@H](O)[C@H]1O.Nc1nc2c(ncn2[C@@H]2O[C@H](COP(=O)(O)O)[C@@H](O)[C@H]2O)c(=O)[nH]1.Nc1ncnc2c1ccn2[C@@H]1O[C@H](COP(=O)(O)O)[C@@H](O)[C@H]1O. The third-order valence-electron chi connectivity index (χ3n) is 21.8. The Balaban J connectivity index is 0.000000147. The minimum absolute atomic E-state index is 0.00525. The van der Waals surface area contributed by atoms with Crippen LogP contribution in [0.25, 0.3) is 55.7 Å². The summed E-state index contributed by atoms with van der Waals surface area (Å²) < 4.78 is 135. The number of aliphatic hydroxyl groups excluding tert-OH is 12. The number of ether oxygens (including phenoxy) is 7. The number of aromatic amines is 2. The number of hydrogen-bond acceptors (Lipinski definition) is 54. The van der Waals surface area contributed by atoms with Gasteiger partial charge < -0.3 is 192 Å². The van der Waals surface area contributed by atoms with Gasteiger partial charge in [-0.15, -0.1) is 0 Å². The first-order valence-corrected chi connectivity index (χ1v) is 50.3. The Hall–Kier alpha value is -10.4. The van der Waals surface area contributed by atoms with Crippen LogP contribution in [0.4, 0.5) is 41.4 Å². The number of fused-ring (bicyclic) bond motifs is 6. The molecule has 11 aromatic rings. The summed E-state index contributed by atoms with van der Waals surface area (Å²) in [6.45, 7) is -3.84. The predicted molar refractivity (Wildman–Crippen MR) is 471 cm³/mol. The van der Waals surface area contributed by atoms with Crippen molar-refractivity contribution in [2.45, 2.75) is 154 Å². The normalized spacial score (nSPS) is 28.0. The number of methoxy groups -OCH3 is 1. The molecular weight excluding hydrogens is 2130 g/mol. The molecule has 11 aromatic heterocycles. The number of nitrogen functional groups attached to an aromatic ring is 6. The molecule has 0 bridgehead atoms. The van der Waals surface area contributed by atoms with Crippen LogP contribution in [-0.4, -0.2) is 391 Å². The van der Waals surface area contributed by atoms with Crippen molar-refractivity contribution in [1.82, 2.24) is 102 Å². The number of phosphoric acid groups is 6. The lowest BCUT2D eigenvalue weighted by atomic mass is 10.1. The van der Waals surface area contributed by atoms with Crippen molar-refractivity contribution < 1.29 is 212 Å². The summed E-state index contributed by atoms with van der Waals surface area (Å²) in [6.07, 6.45) is -24.5. The average Bonchev–Trinajstić information content (AvgIpc) is 1.60. The van der Waals surface area contributed by atoms with Gasteiger partial charge in [0.25, 0.3) is 16.7 Å². The van der Waals surface area contributed by atoms with E-state index in [1.54, 1.807) is 12.3 Å². The fourth-order valence-corrected chi connectivity index (χ4v) is 17.2. The molecule has 0 aliphatic carbocycles. The Morgan fingerprint density at radius 3 is 1.12 bits per heavy atom. The first-order chi connectivity index (χ1) is 68.0. The highest BCUT2D eigenvalue weighted by Crippen LogP contribution is 2.47. The van der Waals surface area contributed by atoms with Gasteiger partial charge >= 0.3 is 46.9 Å². The van der Waals surface area contributed by atoms with Crippen molar-refractivity contribution in [2.75, 3.05) is 86.1 Å². The van der Waals surface area contributed by atoms with E-state index in [4.69, 9.17) is 138 Å². The number of carbonyl (C=O) groups is 1. The van der Waals surface area contributed by atoms with Crippen LogP contribution >= 0.6 is 58.5 Å². The number of nitrogens with one attached hydrogen (secondary N) is 2. The molecule has 38 N–H and O–H groups in total. The van der Waals surface area contributed by atoms with Gasteiger partial charge in [0, 0.05) is 13.2 Å². The second kappa shape index (κ2) is 44.4. The molecule has 0 spiro atoms. The van der Waals surface area contributed by atoms with Gasteiger partial charge in [-0.3, -0.25) is 84.0 Å². The zero-order valence-corrected chi connectivity index (χ0v) is 79.6. The van der Waals surface area contributed by atoms with Crippen LogP contribution in [0, 0.1) is 0 Å². The van der Waals surface area contributed by atoms with E-state index in [0.29, 0.717) is 11.0 Å². The van der Waals surface area contributed by atoms with Crippen molar-refractivity contribution in [3.8, 4) is 5.88 Å². The molecule has 0 saturated carbocycles. The van der Waals surface area contributed by atoms with Gasteiger partial charge in [-0.1, -0.05) is 11.6 Å². The molecule has 0 unspecified atom stereocenters. The molecule has 0 radical (unpaired) electrons. The number of halogens is 1. The molecule has 7 aliphatic heterocycles. The highest BCUT2D eigenvalue weighted by molar-refractivity contribution is 7.47. The Labute approximate surface area is 811 Å². The number of H-pyrrole nitrogens is 2. The van der Waals surface area contributed by atoms with Gasteiger partial charge in [0.15, 0.2) is 87.5 Å². The second-order valence-electron chi connectivity index (χ2n) is 31.5. The zero-order chi connectivity index (χ0) is 107. The van der Waals surface area contributed by atoms with E-state index in [1.165, 1.54) is 68.6 Å². The number of hydrogen-bond donors (Lipinski definition) is 32. The molecule has 18 rings (SSSR count). The largest absolute Gasteiger partial charge is 0.479 e. The molecule has 804 valence electrons. The molecule has 75 nitrogen and oxygen atoms in total. The number of anilines is 7. The molecule has 82 heteroatoms. The van der Waals surface area contributed by atoms with Crippen molar-refractivity contribution in [2.24, 2.45) is 7.05 Å². The predicted octanol–water partition coefficient (Wildman–Crippen LogP) is -12.7. The van der Waals surface area contributed by atoms with Gasteiger partial charge in [-0.05, 0) is 6.07 Å². The maximum atomic E-state index is 12.2. The van der Waals surface area contributed by atoms with E-state index in [0.717, 1.165) is 9.47 Å². The number of aromatic nitrogens is 21. The van der Waals surface area contributed by atoms with Crippen LogP contribution in [0.2, 0.25) is 5.15 Å². The fraction of sp³-hybridized carbons (Fsp3) is 0.516. The minimum atomic E-state index is -4.82. The molecule has 7 aliphatic rings. The van der Waals surface area contributed by atoms with Crippen molar-refractivity contribution in [1.29, 1.82) is 0 Å². The molecule has 6 fully saturated rings. The Kier molecular flexibility index (Phi) is 34.3. The number of nitrogens with zero attached hydrogens (tertiary/aromatic N) is 20. The smallest absolute Gasteiger partial charge is 0.469 e. The van der Waals surface area contributed by atoms with E-state index in [2.05, 4.69) is 102 Å². The van der Waals surface area contributed by atoms with Gasteiger partial charge in [-0.25, -0.2) is 57.3 Å². The minimum Gasteiger partial charge on any atom is -0.479 e. The summed E-state index contributed by atoms with van der Waals surface area (Å²) >= 11 is 5.91. The number of aliphatic hydroxyl groups is 12. The Morgan fingerprint density at radius 1 is 0.390 bits per heavy atom. The standard InChI is InChI=1S/2C11H16N5O8P.C11H15N4O9P.C11H15N4O7P.C10H13ClN5O7P.C10H14N5O8P/c1-22-9-5-8(14-11(12)15-9)16(3-13-5)10-7(18)6(17)4(24-10)2-23-25(19,20)21;1-15-9(19)5-8(14-11(15)12)16(3-13-5)10-7(18)6(17)4(24-10)2-23-25(20,21)22;12-11-13-8-3(9(19)14-11)1-5(16)15(8)10-7(18)6(17)4(24-10)2-23-25(20,21)22;12-9-5-1-2-15(10(5)14-4-13-9)11-8(17)7(16)6(22-11)3-21-23(18,19)20;11-7-4-8(15-10(12)14-7)16(2-13-4)9-6(18)5(17)3(23-9)1-22-24(19,20)21;11-10-13-7-4(8(18)14-10)12-2-15(7)9-6(17)5(16)3(23-9)1-22-24(19,20)21/h3-4,6-7,10,17-18H,2H2,1H3,(H2,12,14,15)(H2,19,20,21);3-4,6-7,10,17-18H,2H2,1H3,(H2,12,14)(H2,20,21,22);4,6-7,10,17-18H,1-2H2,(H2,20,21,22)(H3,12,13,14,19);1-2,4,6-8,11,16-17H,3H2,(H2,12,13,14)(H2,18,19,20);2-3,5-6,9,17-18H,1H2,(H2,12,14,15)(H2,19,20,21);2-3,5-6,9,16-17H,1H2,(H2,19,20,21)(H3,11,13,14,18)/t3*4-,6-,7-,10-;6-,7-,8-,11-;2*3-,5-,6-,9-/m111111/s1. The number of carbonyl (C=O) groups excluding carboxylic acids is 1. The fourth-order valence-electron chi connectivity index (χ4n) is 15.0. The number of amides is 1. The van der Waals surface area contributed by atoms with Crippen LogP contribution < -0.4 is 60.7 Å². The molecule has 0 aromatic carbocycles. The maximum Gasteiger partial charge on any atom is 0.469 e. The van der Waals surface area contributed by atoms with Crippen LogP contribution in [0.1, 0.15) is 36.7 Å². The number of nitrogens with two attached hydrogens (primary N) is 6. The van der Waals surface area contributed by atoms with Crippen molar-refractivity contribution >= 4 is 162 Å². The quantitative estimate of drug-likeness (QED) is 0.0187. The Bertz CT molecular complexity index is 7100. The summed E-state index contributed by atoms with van der Waals surface area (Å²) in [7, 11) is -25.7. The number of rotatable bonds is 25. The van der Waals surface area contributed by atoms with Crippen LogP contribution in [0.3, 0.4) is 0 Å². The van der Waals surface area contributed by atoms with Gasteiger partial charge in [0.2, 0.25) is 41.5 Å². The monoisotopic (exact) mass is 2220 g/mol. The average molecular weight is 2220 g/mol. The summed E-state index contributed by atoms with van der Waals surface area (Å²) in [5, 5.41) is 121. The topological polar surface area (TPSA) is 1160 Å². The summed E-state index contributed by atoms with van der Waals surface area (Å²) in [4.78, 5) is 209. The molecule has 24 atom stereocenters. The van der Waals surface area contributed by atoms with E-state index < -0.39 is 256 Å². The highest BCUT2D eigenvalue weighted by Gasteiger charge is 2.54. The zero-order valence-electron chi connectivity index (χ0n) is 73.4. The lowest BCUT2D eigenvalue weighted by molar-refractivity contribution is -0.121. The first-order valence-electron chi connectivity index (χ1n) is 40.7. The van der Waals surface area contributed by atoms with Crippen molar-refractivity contribution in [3.05, 3.63) is 85.7 Å². The van der Waals surface area contributed by atoms with E-state index in [-0.39, 0.29) is 109 Å². The molecule has 18 heterocycles. The van der Waals surface area contributed by atoms with Crippen molar-refractivity contribution in [3.63, 3.8) is 0 Å². The summed E-state index contributed by atoms with van der Waals surface area (Å²) in [5.74, 6) is -1.09. The van der Waals surface area contributed by atoms with Crippen LogP contribution in [0.5, 0.6) is 5.88 Å². The lowest BCUT2D eigenvalue weighted by Gasteiger charge is -2.26. The van der Waals surface area contributed by atoms with E-state index >= 15 is 0 Å². The van der Waals surface area contributed by atoms with Gasteiger partial charge in [-0.2, -0.15) is 34.9 Å². The lowest BCUT2D eigenvalue weighted by Crippen LogP contribution is -2.46. The second-order valence-corrected chi connectivity index (χ2v) is 39.2.